The van der Waals surface area contributed by atoms with E-state index in [9.17, 15) is 13.2 Å². The Morgan fingerprint density at radius 3 is 2.29 bits per heavy atom. The fraction of sp³-hybridized carbons (Fsp3) is 0.207. The number of hydrogen-bond acceptors (Lipinski definition) is 5. The second-order valence-electron chi connectivity index (χ2n) is 9.19. The fourth-order valence-corrected chi connectivity index (χ4v) is 6.01. The lowest BCUT2D eigenvalue weighted by Gasteiger charge is -2.25. The van der Waals surface area contributed by atoms with Gasteiger partial charge >= 0.3 is 0 Å². The van der Waals surface area contributed by atoms with Crippen LogP contribution in [0.2, 0.25) is 5.02 Å². The van der Waals surface area contributed by atoms with E-state index >= 15 is 0 Å². The Bertz CT molecular complexity index is 1640. The Hall–Kier alpha value is -3.75. The van der Waals surface area contributed by atoms with E-state index in [4.69, 9.17) is 21.1 Å². The minimum Gasteiger partial charge on any atom is -0.495 e. The van der Waals surface area contributed by atoms with Crippen LogP contribution in [0.4, 0.5) is 11.4 Å². The number of carbonyl (C=O) groups is 1. The number of rotatable bonds is 8. The van der Waals surface area contributed by atoms with Crippen LogP contribution in [0.1, 0.15) is 27.0 Å². The number of carbonyl (C=O) groups excluding carboxylic acids is 1. The van der Waals surface area contributed by atoms with Crippen LogP contribution >= 0.6 is 11.6 Å². The van der Waals surface area contributed by atoms with Gasteiger partial charge in [0.2, 0.25) is 10.0 Å². The highest BCUT2D eigenvalue weighted by atomic mass is 35.5. The zero-order valence-corrected chi connectivity index (χ0v) is 22.8. The van der Waals surface area contributed by atoms with Crippen LogP contribution in [0.15, 0.2) is 66.7 Å². The van der Waals surface area contributed by atoms with E-state index in [1.54, 1.807) is 24.3 Å². The molecule has 7 nitrogen and oxygen atoms in total. The zero-order chi connectivity index (χ0) is 27.0. The number of anilines is 2. The Balaban J connectivity index is 1.39. The van der Waals surface area contributed by atoms with Gasteiger partial charge in [0.05, 0.1) is 37.7 Å². The summed E-state index contributed by atoms with van der Waals surface area (Å²) in [6, 6.07) is 20.1. The minimum atomic E-state index is -3.70. The highest BCUT2D eigenvalue weighted by Crippen LogP contribution is 2.40. The molecule has 0 radical (unpaired) electrons. The molecule has 0 aliphatic heterocycles. The zero-order valence-electron chi connectivity index (χ0n) is 21.2. The van der Waals surface area contributed by atoms with Crippen LogP contribution in [0, 0.1) is 0 Å². The number of sulfonamides is 1. The second-order valence-corrected chi connectivity index (χ2v) is 11.5. The summed E-state index contributed by atoms with van der Waals surface area (Å²) >= 11 is 6.20. The molecule has 0 saturated heterocycles. The molecule has 5 rings (SSSR count). The third kappa shape index (κ3) is 4.89. The number of nitrogens with zero attached hydrogens (tertiary/aromatic N) is 1. The van der Waals surface area contributed by atoms with Gasteiger partial charge in [-0.25, -0.2) is 8.42 Å². The van der Waals surface area contributed by atoms with Crippen LogP contribution in [0.3, 0.4) is 0 Å². The van der Waals surface area contributed by atoms with Crippen molar-refractivity contribution in [2.24, 2.45) is 0 Å². The van der Waals surface area contributed by atoms with E-state index in [0.717, 1.165) is 30.2 Å². The summed E-state index contributed by atoms with van der Waals surface area (Å²) in [7, 11) is -0.805. The van der Waals surface area contributed by atoms with E-state index in [-0.39, 0.29) is 12.5 Å². The maximum Gasteiger partial charge on any atom is 0.255 e. The van der Waals surface area contributed by atoms with Crippen molar-refractivity contribution >= 4 is 49.7 Å². The van der Waals surface area contributed by atoms with Gasteiger partial charge in [-0.1, -0.05) is 48.0 Å². The Morgan fingerprint density at radius 2 is 1.63 bits per heavy atom. The number of amides is 1. The molecule has 0 atom stereocenters. The lowest BCUT2D eigenvalue weighted by atomic mass is 10.0. The number of benzene rings is 4. The lowest BCUT2D eigenvalue weighted by molar-refractivity contribution is 0.102. The summed E-state index contributed by atoms with van der Waals surface area (Å²) in [5.74, 6) is 0.382. The molecule has 1 amide bonds. The molecule has 0 bridgehead atoms. The molecule has 1 aliphatic rings. The first-order valence-electron chi connectivity index (χ1n) is 12.0. The van der Waals surface area contributed by atoms with Crippen molar-refractivity contribution in [3.05, 3.63) is 94.0 Å². The Morgan fingerprint density at radius 1 is 0.947 bits per heavy atom. The van der Waals surface area contributed by atoms with Gasteiger partial charge in [0.25, 0.3) is 5.91 Å². The van der Waals surface area contributed by atoms with Gasteiger partial charge in [-0.3, -0.25) is 9.10 Å². The molecule has 38 heavy (non-hydrogen) atoms. The van der Waals surface area contributed by atoms with Crippen molar-refractivity contribution in [1.29, 1.82) is 0 Å². The van der Waals surface area contributed by atoms with E-state index in [2.05, 4.69) is 17.4 Å². The van der Waals surface area contributed by atoms with E-state index in [0.29, 0.717) is 33.3 Å². The van der Waals surface area contributed by atoms with Crippen LogP contribution < -0.4 is 19.1 Å². The first-order valence-corrected chi connectivity index (χ1v) is 14.2. The van der Waals surface area contributed by atoms with Crippen LogP contribution in [0.25, 0.3) is 10.8 Å². The molecule has 0 spiro atoms. The average molecular weight is 551 g/mol. The predicted octanol–water partition coefficient (Wildman–Crippen LogP) is 5.83. The van der Waals surface area contributed by atoms with E-state index in [1.807, 2.05) is 18.2 Å². The summed E-state index contributed by atoms with van der Waals surface area (Å²) in [5.41, 5.74) is 4.84. The molecule has 0 aromatic heterocycles. The number of methoxy groups -OCH3 is 2. The minimum absolute atomic E-state index is 0.0246. The molecule has 1 aliphatic carbocycles. The van der Waals surface area contributed by atoms with Crippen LogP contribution in [-0.4, -0.2) is 34.8 Å². The average Bonchev–Trinajstić information content (AvgIpc) is 3.33. The SMILES string of the molecule is COc1cc(N(Cc2ccc(C(=O)Nc3ccc4c5c(cccc35)CC4)cc2)S(C)(=O)=O)c(OC)cc1Cl. The van der Waals surface area contributed by atoms with Gasteiger partial charge in [0, 0.05) is 28.8 Å². The summed E-state index contributed by atoms with van der Waals surface area (Å²) in [6.45, 7) is 0.0246. The van der Waals surface area contributed by atoms with E-state index in [1.165, 1.54) is 47.2 Å². The molecule has 4 aromatic carbocycles. The first-order chi connectivity index (χ1) is 18.2. The number of ether oxygens (including phenoxy) is 2. The standard InChI is InChI=1S/C29H27ClN2O5S/c1-36-26-16-25(27(37-2)15-23(26)30)32(38(3,34)35)17-18-7-9-21(10-8-18)29(33)31-24-14-13-20-12-11-19-5-4-6-22(24)28(19)20/h4-10,13-16H,11-12,17H2,1-3H3,(H,31,33). The first kappa shape index (κ1) is 25.9. The van der Waals surface area contributed by atoms with Gasteiger partial charge in [0.15, 0.2) is 0 Å². The van der Waals surface area contributed by atoms with Crippen LogP contribution in [0.5, 0.6) is 11.5 Å². The molecule has 9 heteroatoms. The molecule has 0 saturated carbocycles. The van der Waals surface area contributed by atoms with Gasteiger partial charge < -0.3 is 14.8 Å². The molecule has 0 unspecified atom stereocenters. The molecule has 4 aromatic rings. The molecule has 196 valence electrons. The monoisotopic (exact) mass is 550 g/mol. The molecule has 0 heterocycles. The van der Waals surface area contributed by atoms with Crippen molar-refractivity contribution < 1.29 is 22.7 Å². The summed E-state index contributed by atoms with van der Waals surface area (Å²) in [6.07, 6.45) is 3.16. The molecule has 0 fully saturated rings. The maximum absolute atomic E-state index is 13.1. The third-order valence-corrected chi connectivity index (χ3v) is 8.21. The van der Waals surface area contributed by atoms with Gasteiger partial charge in [-0.05, 0) is 53.1 Å². The summed E-state index contributed by atoms with van der Waals surface area (Å²) < 4.78 is 37.4. The quantitative estimate of drug-likeness (QED) is 0.298. The smallest absolute Gasteiger partial charge is 0.255 e. The lowest BCUT2D eigenvalue weighted by Crippen LogP contribution is -2.29. The van der Waals surface area contributed by atoms with E-state index < -0.39 is 10.0 Å². The van der Waals surface area contributed by atoms with Crippen molar-refractivity contribution in [3.8, 4) is 11.5 Å². The Labute approximate surface area is 227 Å². The number of halogens is 1. The van der Waals surface area contributed by atoms with Crippen molar-refractivity contribution in [3.63, 3.8) is 0 Å². The van der Waals surface area contributed by atoms with Crippen molar-refractivity contribution in [2.75, 3.05) is 30.1 Å². The highest BCUT2D eigenvalue weighted by molar-refractivity contribution is 7.92. The number of nitrogens with one attached hydrogen (secondary N) is 1. The van der Waals surface area contributed by atoms with Gasteiger partial charge in [0.1, 0.15) is 11.5 Å². The van der Waals surface area contributed by atoms with Crippen molar-refractivity contribution in [1.82, 2.24) is 0 Å². The third-order valence-electron chi connectivity index (χ3n) is 6.79. The topological polar surface area (TPSA) is 84.9 Å². The molecular formula is C29H27ClN2O5S. The normalized spacial score (nSPS) is 12.4. The summed E-state index contributed by atoms with van der Waals surface area (Å²) in [4.78, 5) is 13.1. The number of hydrogen-bond donors (Lipinski definition) is 1. The highest BCUT2D eigenvalue weighted by Gasteiger charge is 2.24. The second kappa shape index (κ2) is 10.2. The number of aryl methyl sites for hydroxylation is 2. The fourth-order valence-electron chi connectivity index (χ4n) is 4.90. The molecular weight excluding hydrogens is 524 g/mol. The van der Waals surface area contributed by atoms with Crippen LogP contribution in [-0.2, 0) is 29.4 Å². The Kier molecular flexibility index (Phi) is 6.94. The largest absolute Gasteiger partial charge is 0.495 e. The molecule has 1 N–H and O–H groups in total. The van der Waals surface area contributed by atoms with Crippen molar-refractivity contribution in [2.45, 2.75) is 19.4 Å². The maximum atomic E-state index is 13.1. The predicted molar refractivity (Wildman–Crippen MR) is 151 cm³/mol. The van der Waals surface area contributed by atoms with Gasteiger partial charge in [-0.15, -0.1) is 0 Å². The van der Waals surface area contributed by atoms with Gasteiger partial charge in [-0.2, -0.15) is 0 Å². The summed E-state index contributed by atoms with van der Waals surface area (Å²) in [5, 5.41) is 5.61.